The molecule has 2 aromatic rings. The van der Waals surface area contributed by atoms with E-state index in [-0.39, 0.29) is 4.90 Å². The molecule has 5 nitrogen and oxygen atoms in total. The number of benzene rings is 1. The van der Waals surface area contributed by atoms with Crippen molar-refractivity contribution in [1.82, 2.24) is 9.71 Å². The van der Waals surface area contributed by atoms with E-state index in [1.165, 1.54) is 24.7 Å². The number of rotatable bonds is 3. The summed E-state index contributed by atoms with van der Waals surface area (Å²) in [4.78, 5) is 3.98. The second kappa shape index (κ2) is 3.97. The molecule has 1 heterocycles. The Morgan fingerprint density at radius 3 is 2.50 bits per heavy atom. The quantitative estimate of drug-likeness (QED) is 0.800. The van der Waals surface area contributed by atoms with E-state index in [9.17, 15) is 8.42 Å². The molecule has 0 amide bonds. The minimum absolute atomic E-state index is 0.112. The number of aryl methyl sites for hydroxylation is 1. The van der Waals surface area contributed by atoms with Gasteiger partial charge in [-0.05, 0) is 19.1 Å². The van der Waals surface area contributed by atoms with E-state index in [2.05, 4.69) is 4.98 Å². The molecule has 0 atom stereocenters. The zero-order valence-corrected chi connectivity index (χ0v) is 9.39. The van der Waals surface area contributed by atoms with E-state index < -0.39 is 10.1 Å². The smallest absolute Gasteiger partial charge is 0.283 e. The van der Waals surface area contributed by atoms with Crippen LogP contribution in [0.5, 0.6) is 0 Å². The highest BCUT2D eigenvalue weighted by Crippen LogP contribution is 2.09. The van der Waals surface area contributed by atoms with Crippen LogP contribution in [0.3, 0.4) is 0 Å². The van der Waals surface area contributed by atoms with Crippen molar-refractivity contribution in [2.45, 2.75) is 11.8 Å². The summed E-state index contributed by atoms with van der Waals surface area (Å²) >= 11 is 0. The molecule has 0 unspecified atom stereocenters. The van der Waals surface area contributed by atoms with Crippen LogP contribution in [-0.2, 0) is 10.1 Å². The Morgan fingerprint density at radius 1 is 1.25 bits per heavy atom. The van der Waals surface area contributed by atoms with Gasteiger partial charge in [-0.2, -0.15) is 13.1 Å². The zero-order valence-electron chi connectivity index (χ0n) is 8.57. The average molecular weight is 238 g/mol. The van der Waals surface area contributed by atoms with Crippen LogP contribution in [0.15, 0.2) is 47.8 Å². The van der Waals surface area contributed by atoms with E-state index in [1.54, 1.807) is 25.1 Å². The molecule has 0 bridgehead atoms. The second-order valence-electron chi connectivity index (χ2n) is 3.22. The molecule has 0 saturated carbocycles. The van der Waals surface area contributed by atoms with Crippen molar-refractivity contribution in [3.8, 4) is 0 Å². The Hall–Kier alpha value is -1.82. The first-order chi connectivity index (χ1) is 7.58. The molecule has 1 aromatic carbocycles. The van der Waals surface area contributed by atoms with Gasteiger partial charge in [-0.15, -0.1) is 0 Å². The zero-order chi connectivity index (χ0) is 11.6. The van der Waals surface area contributed by atoms with Crippen molar-refractivity contribution in [2.24, 2.45) is 0 Å². The lowest BCUT2D eigenvalue weighted by atomic mass is 10.4. The third kappa shape index (κ3) is 2.22. The number of aromatic nitrogens is 2. The number of nitrogens with zero attached hydrogens (tertiary/aromatic N) is 2. The maximum atomic E-state index is 11.7. The van der Waals surface area contributed by atoms with Crippen LogP contribution in [0.2, 0.25) is 0 Å². The summed E-state index contributed by atoms with van der Waals surface area (Å²) in [7, 11) is -3.78. The lowest BCUT2D eigenvalue weighted by Crippen LogP contribution is -2.18. The summed E-state index contributed by atoms with van der Waals surface area (Å²) in [6, 6.07) is 7.95. The fraction of sp³-hybridized carbons (Fsp3) is 0.100. The van der Waals surface area contributed by atoms with Gasteiger partial charge in [0.05, 0.1) is 11.9 Å². The lowest BCUT2D eigenvalue weighted by Gasteiger charge is -2.05. The summed E-state index contributed by atoms with van der Waals surface area (Å²) in [5.74, 6) is 0. The molecular weight excluding hydrogens is 228 g/mol. The third-order valence-corrected chi connectivity index (χ3v) is 3.12. The van der Waals surface area contributed by atoms with Gasteiger partial charge in [-0.3, -0.25) is 4.28 Å². The van der Waals surface area contributed by atoms with Gasteiger partial charge >= 0.3 is 10.1 Å². The minimum atomic E-state index is -3.78. The predicted molar refractivity (Wildman–Crippen MR) is 57.2 cm³/mol. The molecule has 1 aromatic heterocycles. The topological polar surface area (TPSA) is 61.2 Å². The maximum Gasteiger partial charge on any atom is 0.357 e. The normalized spacial score (nSPS) is 11.3. The number of hydrogen-bond donors (Lipinski definition) is 0. The molecule has 0 spiro atoms. The van der Waals surface area contributed by atoms with Crippen LogP contribution in [0.4, 0.5) is 0 Å². The van der Waals surface area contributed by atoms with Gasteiger partial charge in [-0.1, -0.05) is 18.2 Å². The third-order valence-electron chi connectivity index (χ3n) is 1.91. The number of hydrogen-bond acceptors (Lipinski definition) is 4. The highest BCUT2D eigenvalue weighted by molar-refractivity contribution is 7.87. The van der Waals surface area contributed by atoms with Crippen molar-refractivity contribution in [3.63, 3.8) is 0 Å². The van der Waals surface area contributed by atoms with Crippen molar-refractivity contribution < 1.29 is 12.7 Å². The molecule has 0 aliphatic heterocycles. The van der Waals surface area contributed by atoms with Gasteiger partial charge in [0, 0.05) is 0 Å². The largest absolute Gasteiger partial charge is 0.357 e. The second-order valence-corrected chi connectivity index (χ2v) is 4.75. The van der Waals surface area contributed by atoms with Gasteiger partial charge in [0.1, 0.15) is 11.2 Å². The van der Waals surface area contributed by atoms with Crippen molar-refractivity contribution >= 4 is 10.1 Å². The van der Waals surface area contributed by atoms with E-state index in [1.807, 2.05) is 0 Å². The first-order valence-corrected chi connectivity index (χ1v) is 5.99. The monoisotopic (exact) mass is 238 g/mol. The van der Waals surface area contributed by atoms with E-state index in [4.69, 9.17) is 4.28 Å². The SMILES string of the molecule is Cc1cn(OS(=O)(=O)c2ccccc2)cn1. The lowest BCUT2D eigenvalue weighted by molar-refractivity contribution is 0.278. The van der Waals surface area contributed by atoms with Crippen molar-refractivity contribution in [3.05, 3.63) is 48.5 Å². The van der Waals surface area contributed by atoms with Gasteiger partial charge in [0.2, 0.25) is 0 Å². The van der Waals surface area contributed by atoms with Gasteiger partial charge < -0.3 is 0 Å². The molecule has 16 heavy (non-hydrogen) atoms. The molecule has 2 rings (SSSR count). The first-order valence-electron chi connectivity index (χ1n) is 4.58. The summed E-state index contributed by atoms with van der Waals surface area (Å²) in [5.41, 5.74) is 0.684. The molecule has 0 radical (unpaired) electrons. The van der Waals surface area contributed by atoms with Gasteiger partial charge in [0.25, 0.3) is 0 Å². The maximum absolute atomic E-state index is 11.7. The molecule has 0 aliphatic rings. The van der Waals surface area contributed by atoms with Gasteiger partial charge in [-0.25, -0.2) is 4.98 Å². The van der Waals surface area contributed by atoms with Crippen molar-refractivity contribution in [1.29, 1.82) is 0 Å². The first kappa shape index (κ1) is 10.7. The van der Waals surface area contributed by atoms with E-state index in [0.29, 0.717) is 5.69 Å². The molecule has 0 aliphatic carbocycles. The minimum Gasteiger partial charge on any atom is -0.283 e. The Labute approximate surface area is 93.4 Å². The van der Waals surface area contributed by atoms with E-state index in [0.717, 1.165) is 4.73 Å². The summed E-state index contributed by atoms with van der Waals surface area (Å²) < 4.78 is 29.4. The highest BCUT2D eigenvalue weighted by Gasteiger charge is 2.15. The Bertz CT molecular complexity index is 575. The molecule has 84 valence electrons. The van der Waals surface area contributed by atoms with Crippen LogP contribution in [0.25, 0.3) is 0 Å². The van der Waals surface area contributed by atoms with Crippen LogP contribution in [0.1, 0.15) is 5.69 Å². The number of imidazole rings is 1. The van der Waals surface area contributed by atoms with Gasteiger partial charge in [0.15, 0.2) is 0 Å². The van der Waals surface area contributed by atoms with Crippen LogP contribution >= 0.6 is 0 Å². The van der Waals surface area contributed by atoms with E-state index >= 15 is 0 Å². The highest BCUT2D eigenvalue weighted by atomic mass is 32.2. The molecular formula is C10H10N2O3S. The molecule has 0 saturated heterocycles. The standard InChI is InChI=1S/C10H10N2O3S/c1-9-7-12(8-11-9)15-16(13,14)10-5-3-2-4-6-10/h2-8H,1H3. The van der Waals surface area contributed by atoms with Crippen LogP contribution in [-0.4, -0.2) is 18.1 Å². The molecule has 6 heteroatoms. The molecule has 0 N–H and O–H groups in total. The Morgan fingerprint density at radius 2 is 1.94 bits per heavy atom. The van der Waals surface area contributed by atoms with Crippen LogP contribution in [0, 0.1) is 6.92 Å². The Kier molecular flexibility index (Phi) is 2.66. The van der Waals surface area contributed by atoms with Crippen molar-refractivity contribution in [2.75, 3.05) is 0 Å². The summed E-state index contributed by atoms with van der Waals surface area (Å²) in [6.07, 6.45) is 2.79. The summed E-state index contributed by atoms with van der Waals surface area (Å²) in [6.45, 7) is 1.75. The predicted octanol–water partition coefficient (Wildman–Crippen LogP) is 1.01. The average Bonchev–Trinajstić information content (AvgIpc) is 2.64. The fourth-order valence-electron chi connectivity index (χ4n) is 1.18. The molecule has 0 fully saturated rings. The Balaban J connectivity index is 2.28. The summed E-state index contributed by atoms with van der Waals surface area (Å²) in [5, 5.41) is 0. The fourth-order valence-corrected chi connectivity index (χ4v) is 2.07. The van der Waals surface area contributed by atoms with Crippen LogP contribution < -0.4 is 4.28 Å².